The number of nitriles is 1. The van der Waals surface area contributed by atoms with Crippen LogP contribution >= 0.6 is 22.9 Å². The molecule has 5 nitrogen and oxygen atoms in total. The summed E-state index contributed by atoms with van der Waals surface area (Å²) in [6.07, 6.45) is 0. The molecule has 1 atom stereocenters. The number of thiophene rings is 1. The van der Waals surface area contributed by atoms with E-state index in [9.17, 15) is 14.9 Å². The van der Waals surface area contributed by atoms with Crippen molar-refractivity contribution in [1.82, 2.24) is 10.2 Å². The van der Waals surface area contributed by atoms with Crippen LogP contribution < -0.4 is 5.32 Å². The normalized spacial score (nSPS) is 18.6. The molecule has 0 radical (unpaired) electrons. The van der Waals surface area contributed by atoms with Crippen LogP contribution in [0.25, 0.3) is 11.1 Å². The summed E-state index contributed by atoms with van der Waals surface area (Å²) in [5, 5.41) is 12.1. The Morgan fingerprint density at radius 1 is 1.10 bits per heavy atom. The molecule has 3 aromatic rings. The van der Waals surface area contributed by atoms with E-state index in [1.54, 1.807) is 25.1 Å². The number of carbonyl (C=O) groups excluding carboxylic acids is 2. The number of rotatable bonds is 4. The molecule has 0 unspecified atom stereocenters. The molecule has 7 heteroatoms. The van der Waals surface area contributed by atoms with Crippen LogP contribution in [0.15, 0.2) is 60.7 Å². The lowest BCUT2D eigenvalue weighted by Gasteiger charge is -2.20. The zero-order chi connectivity index (χ0) is 20.6. The third kappa shape index (κ3) is 3.39. The fourth-order valence-corrected chi connectivity index (χ4v) is 4.53. The second-order valence-electron chi connectivity index (χ2n) is 6.90. The van der Waals surface area contributed by atoms with Crippen molar-refractivity contribution in [3.63, 3.8) is 0 Å². The van der Waals surface area contributed by atoms with Crippen molar-refractivity contribution in [1.29, 1.82) is 5.26 Å². The predicted molar refractivity (Wildman–Crippen MR) is 112 cm³/mol. The number of imide groups is 1. The Morgan fingerprint density at radius 2 is 1.83 bits per heavy atom. The van der Waals surface area contributed by atoms with E-state index in [0.717, 1.165) is 16.7 Å². The first-order valence-electron chi connectivity index (χ1n) is 8.91. The monoisotopic (exact) mass is 421 g/mol. The van der Waals surface area contributed by atoms with Gasteiger partial charge in [-0.2, -0.15) is 5.26 Å². The topological polar surface area (TPSA) is 73.2 Å². The molecule has 2 heterocycles. The molecule has 0 spiro atoms. The summed E-state index contributed by atoms with van der Waals surface area (Å²) in [5.41, 5.74) is 2.06. The van der Waals surface area contributed by atoms with Gasteiger partial charge in [0.2, 0.25) is 0 Å². The summed E-state index contributed by atoms with van der Waals surface area (Å²) in [5.74, 6) is -0.306. The Kier molecular flexibility index (Phi) is 4.87. The van der Waals surface area contributed by atoms with Crippen molar-refractivity contribution in [2.24, 2.45) is 0 Å². The zero-order valence-electron chi connectivity index (χ0n) is 15.5. The molecule has 1 fully saturated rings. The smallest absolute Gasteiger partial charge is 0.319 e. The minimum absolute atomic E-state index is 0.166. The van der Waals surface area contributed by atoms with E-state index in [0.29, 0.717) is 14.8 Å². The van der Waals surface area contributed by atoms with Gasteiger partial charge in [0.15, 0.2) is 5.54 Å². The third-order valence-electron chi connectivity index (χ3n) is 4.99. The van der Waals surface area contributed by atoms with E-state index in [1.165, 1.54) is 16.2 Å². The molecule has 1 N–H and O–H groups in total. The van der Waals surface area contributed by atoms with Gasteiger partial charge in [0.05, 0.1) is 22.5 Å². The first-order valence-corrected chi connectivity index (χ1v) is 10.1. The molecule has 4 rings (SSSR count). The molecular weight excluding hydrogens is 406 g/mol. The average Bonchev–Trinajstić information content (AvgIpc) is 3.26. The molecule has 1 aliphatic rings. The van der Waals surface area contributed by atoms with Gasteiger partial charge in [0.25, 0.3) is 5.91 Å². The Balaban J connectivity index is 1.56. The van der Waals surface area contributed by atoms with E-state index in [1.807, 2.05) is 42.5 Å². The molecule has 3 amide bonds. The molecular formula is C22H16ClN3O2S. The molecule has 2 aromatic carbocycles. The quantitative estimate of drug-likeness (QED) is 0.608. The maximum Gasteiger partial charge on any atom is 0.325 e. The number of benzene rings is 2. The van der Waals surface area contributed by atoms with E-state index in [-0.39, 0.29) is 12.5 Å². The second-order valence-corrected chi connectivity index (χ2v) is 8.62. The Hall–Kier alpha value is -3.14. The molecule has 29 heavy (non-hydrogen) atoms. The SMILES string of the molecule is C[C@@]1(c2ccc(Cl)s2)NC(=O)N(Cc2ccc(-c3ccccc3C#N)cc2)C1=O. The van der Waals surface area contributed by atoms with Gasteiger partial charge in [-0.15, -0.1) is 11.3 Å². The van der Waals surface area contributed by atoms with Gasteiger partial charge in [-0.1, -0.05) is 54.1 Å². The lowest BCUT2D eigenvalue weighted by Crippen LogP contribution is -2.40. The molecule has 0 bridgehead atoms. The summed E-state index contributed by atoms with van der Waals surface area (Å²) >= 11 is 7.28. The number of hydrogen-bond donors (Lipinski definition) is 1. The van der Waals surface area contributed by atoms with E-state index >= 15 is 0 Å². The average molecular weight is 422 g/mol. The maximum absolute atomic E-state index is 13.0. The molecule has 1 aliphatic heterocycles. The summed E-state index contributed by atoms with van der Waals surface area (Å²) in [6, 6.07) is 20.1. The number of hydrogen-bond acceptors (Lipinski definition) is 4. The first-order chi connectivity index (χ1) is 13.9. The summed E-state index contributed by atoms with van der Waals surface area (Å²) < 4.78 is 0.565. The van der Waals surface area contributed by atoms with Crippen LogP contribution in [0.2, 0.25) is 4.34 Å². The van der Waals surface area contributed by atoms with Crippen molar-refractivity contribution in [2.45, 2.75) is 19.0 Å². The van der Waals surface area contributed by atoms with Crippen molar-refractivity contribution in [2.75, 3.05) is 0 Å². The lowest BCUT2D eigenvalue weighted by atomic mass is 9.99. The highest BCUT2D eigenvalue weighted by molar-refractivity contribution is 7.16. The van der Waals surface area contributed by atoms with Crippen LogP contribution in [0.5, 0.6) is 0 Å². The Morgan fingerprint density at radius 3 is 2.48 bits per heavy atom. The van der Waals surface area contributed by atoms with Crippen molar-refractivity contribution in [3.8, 4) is 17.2 Å². The van der Waals surface area contributed by atoms with Gasteiger partial charge in [-0.25, -0.2) is 4.79 Å². The van der Waals surface area contributed by atoms with E-state index < -0.39 is 11.6 Å². The van der Waals surface area contributed by atoms with Crippen LogP contribution in [0.1, 0.15) is 22.9 Å². The minimum Gasteiger partial charge on any atom is -0.319 e. The summed E-state index contributed by atoms with van der Waals surface area (Å²) in [7, 11) is 0. The number of halogens is 1. The van der Waals surface area contributed by atoms with Crippen molar-refractivity contribution < 1.29 is 9.59 Å². The highest BCUT2D eigenvalue weighted by Gasteiger charge is 2.49. The van der Waals surface area contributed by atoms with Gasteiger partial charge in [-0.3, -0.25) is 9.69 Å². The summed E-state index contributed by atoms with van der Waals surface area (Å²) in [6.45, 7) is 1.86. The number of urea groups is 1. The molecule has 1 saturated heterocycles. The maximum atomic E-state index is 13.0. The number of carbonyl (C=O) groups is 2. The minimum atomic E-state index is -1.11. The number of nitrogens with zero attached hydrogens (tertiary/aromatic N) is 2. The van der Waals surface area contributed by atoms with Gasteiger partial charge in [0, 0.05) is 4.88 Å². The fraction of sp³-hybridized carbons (Fsp3) is 0.136. The van der Waals surface area contributed by atoms with E-state index in [4.69, 9.17) is 11.6 Å². The van der Waals surface area contributed by atoms with Gasteiger partial charge >= 0.3 is 6.03 Å². The predicted octanol–water partition coefficient (Wildman–Crippen LogP) is 4.91. The van der Waals surface area contributed by atoms with Crippen molar-refractivity contribution >= 4 is 34.9 Å². The second kappa shape index (κ2) is 7.36. The van der Waals surface area contributed by atoms with Crippen molar-refractivity contribution in [3.05, 3.63) is 81.0 Å². The van der Waals surface area contributed by atoms with Crippen LogP contribution in [0, 0.1) is 11.3 Å². The summed E-state index contributed by atoms with van der Waals surface area (Å²) in [4.78, 5) is 27.4. The lowest BCUT2D eigenvalue weighted by molar-refractivity contribution is -0.131. The highest BCUT2D eigenvalue weighted by Crippen LogP contribution is 2.36. The van der Waals surface area contributed by atoms with Crippen LogP contribution in [-0.4, -0.2) is 16.8 Å². The van der Waals surface area contributed by atoms with Crippen LogP contribution in [0.4, 0.5) is 4.79 Å². The van der Waals surface area contributed by atoms with Crippen LogP contribution in [-0.2, 0) is 16.9 Å². The first kappa shape index (κ1) is 19.2. The van der Waals surface area contributed by atoms with Crippen LogP contribution in [0.3, 0.4) is 0 Å². The largest absolute Gasteiger partial charge is 0.325 e. The number of nitrogens with one attached hydrogen (secondary N) is 1. The van der Waals surface area contributed by atoms with Gasteiger partial charge < -0.3 is 5.32 Å². The molecule has 144 valence electrons. The Bertz CT molecular complexity index is 1150. The Labute approximate surface area is 177 Å². The molecule has 0 saturated carbocycles. The van der Waals surface area contributed by atoms with Gasteiger partial charge in [0.1, 0.15) is 0 Å². The van der Waals surface area contributed by atoms with E-state index in [2.05, 4.69) is 11.4 Å². The highest BCUT2D eigenvalue weighted by atomic mass is 35.5. The standard InChI is InChI=1S/C22H16ClN3O2S/c1-22(18-10-11-19(23)29-18)20(27)26(21(28)25-22)13-14-6-8-15(9-7-14)17-5-3-2-4-16(17)12-24/h2-11H,13H2,1H3,(H,25,28)/t22-/m0/s1. The number of amides is 3. The third-order valence-corrected chi connectivity index (χ3v) is 6.45. The molecule has 0 aliphatic carbocycles. The zero-order valence-corrected chi connectivity index (χ0v) is 17.1. The molecule has 1 aromatic heterocycles. The van der Waals surface area contributed by atoms with Gasteiger partial charge in [-0.05, 0) is 41.8 Å². The fourth-order valence-electron chi connectivity index (χ4n) is 3.40.